The molecule has 38 heavy (non-hydrogen) atoms. The van der Waals surface area contributed by atoms with Gasteiger partial charge in [-0.3, -0.25) is 9.59 Å². The first-order valence-electron chi connectivity index (χ1n) is 12.4. The fraction of sp³-hybridized carbons (Fsp3) is 0.385. The number of rotatable bonds is 13. The summed E-state index contributed by atoms with van der Waals surface area (Å²) in [7, 11) is 1.32. The lowest BCUT2D eigenvalue weighted by Gasteiger charge is -2.29. The van der Waals surface area contributed by atoms with E-state index in [1.54, 1.807) is 11.0 Å². The highest BCUT2D eigenvalue weighted by Gasteiger charge is 2.26. The molecule has 1 heterocycles. The molecular weight excluding hydrogens is 525 g/mol. The maximum atomic E-state index is 13.4. The maximum absolute atomic E-state index is 13.4. The number of fused-ring (bicyclic) bond motifs is 2. The van der Waals surface area contributed by atoms with Crippen LogP contribution in [-0.4, -0.2) is 37.0 Å². The van der Waals surface area contributed by atoms with Crippen LogP contribution in [-0.2, 0) is 37.0 Å². The van der Waals surface area contributed by atoms with Crippen LogP contribution in [0.3, 0.4) is 0 Å². The van der Waals surface area contributed by atoms with Gasteiger partial charge in [-0.2, -0.15) is 5.11 Å². The first-order valence-corrected chi connectivity index (χ1v) is 15.0. The average Bonchev–Trinajstić information content (AvgIpc) is 2.92. The summed E-state index contributed by atoms with van der Waals surface area (Å²) in [5.41, 5.74) is 17.6. The van der Waals surface area contributed by atoms with Crippen LogP contribution in [0.2, 0.25) is 0 Å². The summed E-state index contributed by atoms with van der Waals surface area (Å²) >= 11 is 4.77. The summed E-state index contributed by atoms with van der Waals surface area (Å²) in [6.07, 6.45) is 3.41. The molecule has 1 aliphatic rings. The number of anilines is 1. The summed E-state index contributed by atoms with van der Waals surface area (Å²) in [6.45, 7) is -1.97. The smallest absolute Gasteiger partial charge is 0.324 e. The first-order chi connectivity index (χ1) is 18.3. The van der Waals surface area contributed by atoms with Gasteiger partial charge in [0.05, 0.1) is 24.5 Å². The van der Waals surface area contributed by atoms with Crippen LogP contribution in [0.25, 0.3) is 11.4 Å². The van der Waals surface area contributed by atoms with Gasteiger partial charge in [-0.15, -0.1) is 0 Å². The van der Waals surface area contributed by atoms with Gasteiger partial charge in [0.2, 0.25) is 11.8 Å². The molecule has 2 amide bonds. The van der Waals surface area contributed by atoms with E-state index in [0.29, 0.717) is 41.4 Å². The molecule has 0 saturated carbocycles. The van der Waals surface area contributed by atoms with E-state index in [0.717, 1.165) is 31.2 Å². The molecule has 2 aromatic carbocycles. The van der Waals surface area contributed by atoms with Crippen LogP contribution >= 0.6 is 6.72 Å². The Labute approximate surface area is 228 Å². The van der Waals surface area contributed by atoms with Crippen LogP contribution in [0.1, 0.15) is 55.2 Å². The number of hydrogen-bond acceptors (Lipinski definition) is 8. The van der Waals surface area contributed by atoms with E-state index in [1.807, 2.05) is 42.5 Å². The van der Waals surface area contributed by atoms with Crippen molar-refractivity contribution in [3.05, 3.63) is 65.2 Å². The van der Waals surface area contributed by atoms with E-state index in [9.17, 15) is 14.5 Å². The molecule has 0 bridgehead atoms. The summed E-state index contributed by atoms with van der Waals surface area (Å²) < 4.78 is 9.84. The van der Waals surface area contributed by atoms with Crippen molar-refractivity contribution >= 4 is 47.4 Å². The number of para-hydroxylation sites is 1. The normalized spacial score (nSPS) is 16.4. The number of unbranched alkanes of at least 4 members (excludes halogenated alkanes) is 3. The van der Waals surface area contributed by atoms with E-state index < -0.39 is 6.72 Å². The monoisotopic (exact) mass is 559 g/mol. The summed E-state index contributed by atoms with van der Waals surface area (Å²) in [5.74, 6) is -0.375. The van der Waals surface area contributed by atoms with E-state index in [1.165, 1.54) is 7.11 Å². The molecule has 2 aromatic rings. The lowest BCUT2D eigenvalue weighted by molar-refractivity contribution is -0.125. The number of carbonyl (C=O) groups is 2. The molecule has 0 fully saturated rings. The zero-order valence-electron chi connectivity index (χ0n) is 21.4. The number of nitrogens with two attached hydrogens (primary N) is 1. The molecular formula is C26H34N5O5PS. The Kier molecular flexibility index (Phi) is 11.1. The standard InChI is InChI=1S/C26H34N5O5PS/c1-35-37(34,38)36-17-9-3-2-8-16-29-23(32)14-15-24(33)31-18-19-10-4-5-11-20(19)26(30-28)25(27)21-12-6-7-13-22(21)31/h4-7,10-13,28H,2-3,8-9,14-18,27H2,1H3,(H,29,32)(H,34,38)/b26-25-,30-28?. The van der Waals surface area contributed by atoms with E-state index in [4.69, 9.17) is 32.1 Å². The van der Waals surface area contributed by atoms with Gasteiger partial charge in [-0.1, -0.05) is 55.3 Å². The van der Waals surface area contributed by atoms with Crippen molar-refractivity contribution in [2.24, 2.45) is 10.8 Å². The predicted molar refractivity (Wildman–Crippen MR) is 150 cm³/mol. The van der Waals surface area contributed by atoms with Gasteiger partial charge in [0.15, 0.2) is 0 Å². The zero-order chi connectivity index (χ0) is 27.5. The Bertz CT molecular complexity index is 1240. The molecule has 0 aromatic heterocycles. The number of amides is 2. The Morgan fingerprint density at radius 1 is 1.11 bits per heavy atom. The predicted octanol–water partition coefficient (Wildman–Crippen LogP) is 4.69. The number of hydrogen-bond donors (Lipinski definition) is 4. The number of nitrogens with one attached hydrogen (secondary N) is 2. The van der Waals surface area contributed by atoms with Gasteiger partial charge in [0.25, 0.3) is 0 Å². The molecule has 0 saturated heterocycles. The molecule has 10 nitrogen and oxygen atoms in total. The van der Waals surface area contributed by atoms with Gasteiger partial charge in [-0.25, -0.2) is 5.53 Å². The topological polar surface area (TPSA) is 150 Å². The SMILES string of the molecule is COP(O)(=S)OCCCCCCNC(=O)CCC(=O)N1Cc2ccccc2/C(N=N)=C(/N)c2ccccc21. The van der Waals surface area contributed by atoms with Crippen molar-refractivity contribution in [1.82, 2.24) is 5.32 Å². The van der Waals surface area contributed by atoms with Crippen molar-refractivity contribution in [3.8, 4) is 0 Å². The third kappa shape index (κ3) is 8.02. The van der Waals surface area contributed by atoms with Gasteiger partial charge in [-0.05, 0) is 36.3 Å². The minimum atomic E-state index is -3.10. The van der Waals surface area contributed by atoms with Gasteiger partial charge < -0.3 is 29.9 Å². The fourth-order valence-corrected chi connectivity index (χ4v) is 4.87. The quantitative estimate of drug-likeness (QED) is 0.158. The lowest BCUT2D eigenvalue weighted by Crippen LogP contribution is -2.34. The molecule has 5 N–H and O–H groups in total. The highest BCUT2D eigenvalue weighted by molar-refractivity contribution is 8.07. The summed E-state index contributed by atoms with van der Waals surface area (Å²) in [6, 6.07) is 14.7. The highest BCUT2D eigenvalue weighted by Crippen LogP contribution is 2.42. The maximum Gasteiger partial charge on any atom is 0.324 e. The highest BCUT2D eigenvalue weighted by atomic mass is 32.5. The molecule has 204 valence electrons. The fourth-order valence-electron chi connectivity index (χ4n) is 4.18. The molecule has 1 unspecified atom stereocenters. The summed E-state index contributed by atoms with van der Waals surface area (Å²) in [5, 5.41) is 6.56. The van der Waals surface area contributed by atoms with Crippen LogP contribution < -0.4 is 16.0 Å². The first kappa shape index (κ1) is 29.6. The van der Waals surface area contributed by atoms with Gasteiger partial charge in [0, 0.05) is 37.6 Å². The second-order valence-electron chi connectivity index (χ2n) is 8.78. The second-order valence-corrected chi connectivity index (χ2v) is 11.7. The number of carbonyl (C=O) groups excluding carboxylic acids is 2. The summed E-state index contributed by atoms with van der Waals surface area (Å²) in [4.78, 5) is 36.9. The Hall–Kier alpha value is -2.95. The third-order valence-corrected chi connectivity index (χ3v) is 7.93. The van der Waals surface area contributed by atoms with Gasteiger partial charge >= 0.3 is 6.72 Å². The van der Waals surface area contributed by atoms with Crippen molar-refractivity contribution in [2.45, 2.75) is 45.1 Å². The van der Waals surface area contributed by atoms with Crippen molar-refractivity contribution < 1.29 is 23.5 Å². The average molecular weight is 560 g/mol. The number of benzene rings is 2. The third-order valence-electron chi connectivity index (χ3n) is 6.20. The van der Waals surface area contributed by atoms with Crippen LogP contribution in [0.15, 0.2) is 53.6 Å². The van der Waals surface area contributed by atoms with Crippen molar-refractivity contribution in [1.29, 1.82) is 5.53 Å². The molecule has 1 aliphatic heterocycles. The molecule has 0 aliphatic carbocycles. The second kappa shape index (κ2) is 14.3. The number of nitrogens with zero attached hydrogens (tertiary/aromatic N) is 2. The minimum Gasteiger partial charge on any atom is -0.396 e. The minimum absolute atomic E-state index is 0.0472. The van der Waals surface area contributed by atoms with Crippen LogP contribution in [0, 0.1) is 5.53 Å². The zero-order valence-corrected chi connectivity index (χ0v) is 23.1. The van der Waals surface area contributed by atoms with Crippen LogP contribution in [0.4, 0.5) is 5.69 Å². The molecule has 1 atom stereocenters. The lowest BCUT2D eigenvalue weighted by atomic mass is 9.96. The van der Waals surface area contributed by atoms with Crippen molar-refractivity contribution in [3.63, 3.8) is 0 Å². The Morgan fingerprint density at radius 3 is 2.53 bits per heavy atom. The van der Waals surface area contributed by atoms with Crippen molar-refractivity contribution in [2.75, 3.05) is 25.2 Å². The molecule has 0 spiro atoms. The van der Waals surface area contributed by atoms with Gasteiger partial charge in [0.1, 0.15) is 5.70 Å². The Balaban J connectivity index is 1.54. The van der Waals surface area contributed by atoms with E-state index >= 15 is 0 Å². The molecule has 0 radical (unpaired) electrons. The van der Waals surface area contributed by atoms with E-state index in [-0.39, 0.29) is 31.2 Å². The Morgan fingerprint density at radius 2 is 1.79 bits per heavy atom. The van der Waals surface area contributed by atoms with E-state index in [2.05, 4.69) is 10.4 Å². The molecule has 3 rings (SSSR count). The van der Waals surface area contributed by atoms with Crippen LogP contribution in [0.5, 0.6) is 0 Å². The largest absolute Gasteiger partial charge is 0.396 e. The molecule has 12 heteroatoms.